The largest absolute Gasteiger partial charge is 0.478 e. The summed E-state index contributed by atoms with van der Waals surface area (Å²) in [5.74, 6) is 5.34. The van der Waals surface area contributed by atoms with E-state index in [9.17, 15) is 9.90 Å². The zero-order chi connectivity index (χ0) is 22.5. The number of aliphatic hydroxyl groups is 1. The number of aliphatic hydroxyl groups excluding tert-OH is 1. The van der Waals surface area contributed by atoms with Crippen LogP contribution in [0.1, 0.15) is 50.7 Å². The number of hydrogen-bond acceptors (Lipinski definition) is 3. The van der Waals surface area contributed by atoms with Crippen LogP contribution < -0.4 is 5.32 Å². The molecule has 0 bridgehead atoms. The van der Waals surface area contributed by atoms with Crippen molar-refractivity contribution in [2.24, 2.45) is 0 Å². The Bertz CT molecular complexity index is 1180. The molecule has 1 aliphatic rings. The fourth-order valence-electron chi connectivity index (χ4n) is 3.96. The number of aryl methyl sites for hydroxylation is 1. The van der Waals surface area contributed by atoms with Crippen LogP contribution in [0, 0.1) is 11.8 Å². The topological polar surface area (TPSA) is 69.6 Å². The molecule has 0 heterocycles. The van der Waals surface area contributed by atoms with Crippen LogP contribution in [0.15, 0.2) is 66.7 Å². The summed E-state index contributed by atoms with van der Waals surface area (Å²) in [6.45, 7) is 0.478. The Hall–Kier alpha value is -2.81. The molecule has 33 heavy (non-hydrogen) atoms. The number of fused-ring (bicyclic) bond motifs is 1. The van der Waals surface area contributed by atoms with E-state index < -0.39 is 12.1 Å². The highest BCUT2D eigenvalue weighted by Crippen LogP contribution is 2.24. The van der Waals surface area contributed by atoms with Gasteiger partial charge in [0, 0.05) is 28.7 Å². The summed E-state index contributed by atoms with van der Waals surface area (Å²) < 4.78 is 0. The molecule has 2 atom stereocenters. The second-order valence-electron chi connectivity index (χ2n) is 8.03. The molecule has 0 aromatic heterocycles. The van der Waals surface area contributed by atoms with Crippen molar-refractivity contribution in [3.05, 3.63) is 105 Å². The first-order chi connectivity index (χ1) is 15.5. The van der Waals surface area contributed by atoms with Crippen LogP contribution in [-0.4, -0.2) is 28.8 Å². The van der Waals surface area contributed by atoms with Crippen molar-refractivity contribution in [2.75, 3.05) is 6.54 Å². The molecule has 6 heteroatoms. The summed E-state index contributed by atoms with van der Waals surface area (Å²) in [4.78, 5) is 11.0. The summed E-state index contributed by atoms with van der Waals surface area (Å²) in [6.07, 6.45) is 2.31. The molecule has 0 amide bonds. The maximum atomic E-state index is 11.0. The van der Waals surface area contributed by atoms with Crippen LogP contribution >= 0.6 is 24.0 Å². The number of hydrogen-bond donors (Lipinski definition) is 3. The zero-order valence-corrected chi connectivity index (χ0v) is 19.5. The predicted molar refractivity (Wildman–Crippen MR) is 133 cm³/mol. The monoisotopic (exact) mass is 481 g/mol. The second-order valence-corrected chi connectivity index (χ2v) is 8.47. The van der Waals surface area contributed by atoms with E-state index in [-0.39, 0.29) is 18.0 Å². The van der Waals surface area contributed by atoms with E-state index in [1.807, 2.05) is 18.2 Å². The van der Waals surface area contributed by atoms with Gasteiger partial charge in [0.05, 0.1) is 11.7 Å². The molecule has 4 rings (SSSR count). The molecule has 0 aliphatic heterocycles. The molecular formula is C27H25Cl2NO3. The van der Waals surface area contributed by atoms with E-state index in [4.69, 9.17) is 16.7 Å². The summed E-state index contributed by atoms with van der Waals surface area (Å²) >= 11 is 6.03. The maximum absolute atomic E-state index is 11.0. The number of carboxylic acids is 1. The third-order valence-electron chi connectivity index (χ3n) is 5.75. The van der Waals surface area contributed by atoms with Crippen molar-refractivity contribution in [3.63, 3.8) is 0 Å². The maximum Gasteiger partial charge on any atom is 0.335 e. The lowest BCUT2D eigenvalue weighted by Gasteiger charge is -2.27. The van der Waals surface area contributed by atoms with Crippen LogP contribution in [0.5, 0.6) is 0 Å². The standard InChI is InChI=1S/C27H24ClNO3.ClH/c28-24-3-1-2-22(15-24)26(30)17-29-25-13-12-20-9-8-19(14-23(20)16-25)5-4-18-6-10-21(11-7-18)27(31)32;/h1-3,6-11,14-15,25-26,29-30H,12-13,16-17H2,(H,31,32);1H/t25-,26+;/m0./s1. The first kappa shape index (κ1) is 24.8. The molecule has 0 saturated carbocycles. The van der Waals surface area contributed by atoms with Crippen molar-refractivity contribution >= 4 is 30.0 Å². The number of benzene rings is 3. The van der Waals surface area contributed by atoms with Gasteiger partial charge in [-0.05, 0) is 84.5 Å². The van der Waals surface area contributed by atoms with Gasteiger partial charge in [-0.3, -0.25) is 0 Å². The van der Waals surface area contributed by atoms with E-state index in [2.05, 4.69) is 29.3 Å². The van der Waals surface area contributed by atoms with Crippen LogP contribution in [-0.2, 0) is 12.8 Å². The summed E-state index contributed by atoms with van der Waals surface area (Å²) in [5, 5.41) is 23.6. The molecule has 0 fully saturated rings. The van der Waals surface area contributed by atoms with Gasteiger partial charge in [-0.2, -0.15) is 0 Å². The highest BCUT2D eigenvalue weighted by molar-refractivity contribution is 6.30. The number of carbonyl (C=O) groups is 1. The number of carboxylic acid groups (broad SMARTS) is 1. The number of nitrogens with one attached hydrogen (secondary N) is 1. The first-order valence-electron chi connectivity index (χ1n) is 10.6. The quantitative estimate of drug-likeness (QED) is 0.446. The molecule has 0 spiro atoms. The van der Waals surface area contributed by atoms with Gasteiger partial charge in [0.2, 0.25) is 0 Å². The Labute approximate surface area is 205 Å². The third-order valence-corrected chi connectivity index (χ3v) is 5.99. The lowest BCUT2D eigenvalue weighted by molar-refractivity contribution is 0.0697. The van der Waals surface area contributed by atoms with Crippen LogP contribution in [0.25, 0.3) is 0 Å². The lowest BCUT2D eigenvalue weighted by atomic mass is 9.87. The fourth-order valence-corrected chi connectivity index (χ4v) is 4.16. The minimum absolute atomic E-state index is 0. The third kappa shape index (κ3) is 6.60. The van der Waals surface area contributed by atoms with Gasteiger partial charge >= 0.3 is 5.97 Å². The molecule has 4 nitrogen and oxygen atoms in total. The van der Waals surface area contributed by atoms with E-state index in [1.165, 1.54) is 11.1 Å². The molecule has 1 aliphatic carbocycles. The van der Waals surface area contributed by atoms with Gasteiger partial charge in [0.25, 0.3) is 0 Å². The first-order valence-corrected chi connectivity index (χ1v) is 11.0. The van der Waals surface area contributed by atoms with Crippen molar-refractivity contribution in [1.82, 2.24) is 5.32 Å². The van der Waals surface area contributed by atoms with Gasteiger partial charge in [-0.25, -0.2) is 4.79 Å². The molecule has 0 radical (unpaired) electrons. The Morgan fingerprint density at radius 1 is 1.03 bits per heavy atom. The van der Waals surface area contributed by atoms with Gasteiger partial charge in [-0.15, -0.1) is 12.4 Å². The Morgan fingerprint density at radius 2 is 1.76 bits per heavy atom. The van der Waals surface area contributed by atoms with Crippen molar-refractivity contribution in [2.45, 2.75) is 31.4 Å². The minimum atomic E-state index is -0.942. The molecule has 3 aromatic carbocycles. The summed E-state index contributed by atoms with van der Waals surface area (Å²) in [7, 11) is 0. The van der Waals surface area contributed by atoms with Crippen LogP contribution in [0.2, 0.25) is 5.02 Å². The van der Waals surface area contributed by atoms with Gasteiger partial charge in [0.1, 0.15) is 0 Å². The van der Waals surface area contributed by atoms with E-state index >= 15 is 0 Å². The average Bonchev–Trinajstić information content (AvgIpc) is 2.81. The van der Waals surface area contributed by atoms with Gasteiger partial charge in [0.15, 0.2) is 0 Å². The highest BCUT2D eigenvalue weighted by Gasteiger charge is 2.19. The van der Waals surface area contributed by atoms with Crippen molar-refractivity contribution in [1.29, 1.82) is 0 Å². The van der Waals surface area contributed by atoms with Gasteiger partial charge < -0.3 is 15.5 Å². The smallest absolute Gasteiger partial charge is 0.335 e. The number of aromatic carboxylic acids is 1. The average molecular weight is 482 g/mol. The Morgan fingerprint density at radius 3 is 2.48 bits per heavy atom. The van der Waals surface area contributed by atoms with Gasteiger partial charge in [-0.1, -0.05) is 41.6 Å². The lowest BCUT2D eigenvalue weighted by Crippen LogP contribution is -2.37. The zero-order valence-electron chi connectivity index (χ0n) is 17.9. The summed E-state index contributed by atoms with van der Waals surface area (Å²) in [6, 6.07) is 20.5. The number of halogens is 2. The van der Waals surface area contributed by atoms with Crippen molar-refractivity contribution < 1.29 is 15.0 Å². The summed E-state index contributed by atoms with van der Waals surface area (Å²) in [5.41, 5.74) is 5.40. The minimum Gasteiger partial charge on any atom is -0.478 e. The fraction of sp³-hybridized carbons (Fsp3) is 0.222. The molecule has 0 unspecified atom stereocenters. The van der Waals surface area contributed by atoms with E-state index in [1.54, 1.807) is 36.4 Å². The molecular weight excluding hydrogens is 457 g/mol. The second kappa shape index (κ2) is 11.4. The Balaban J connectivity index is 0.00000306. The van der Waals surface area contributed by atoms with E-state index in [0.29, 0.717) is 17.6 Å². The molecule has 3 N–H and O–H groups in total. The van der Waals surface area contributed by atoms with E-state index in [0.717, 1.165) is 36.0 Å². The molecule has 0 saturated heterocycles. The molecule has 3 aromatic rings. The molecule has 170 valence electrons. The predicted octanol–water partition coefficient (Wildman–Crippen LogP) is 5.04. The SMILES string of the molecule is Cl.O=C(O)c1ccc(C#Cc2ccc3c(c2)C[C@@H](NC[C@@H](O)c2cccc(Cl)c2)CC3)cc1. The van der Waals surface area contributed by atoms with Crippen molar-refractivity contribution in [3.8, 4) is 11.8 Å². The normalized spacial score (nSPS) is 15.4. The Kier molecular flexibility index (Phi) is 8.55. The van der Waals surface area contributed by atoms with Crippen LogP contribution in [0.4, 0.5) is 0 Å². The van der Waals surface area contributed by atoms with Crippen LogP contribution in [0.3, 0.4) is 0 Å². The number of rotatable bonds is 5. The highest BCUT2D eigenvalue weighted by atomic mass is 35.5.